The Bertz CT molecular complexity index is 591. The number of amides is 1. The first kappa shape index (κ1) is 12.9. The smallest absolute Gasteiger partial charge is 0.405 e. The summed E-state index contributed by atoms with van der Waals surface area (Å²) in [7, 11) is 0. The molecule has 3 nitrogen and oxygen atoms in total. The fraction of sp³-hybridized carbons (Fsp3) is 0.182. The number of fused-ring (bicyclic) bond motifs is 1. The number of furan rings is 1. The fourth-order valence-corrected chi connectivity index (χ4v) is 1.87. The predicted octanol–water partition coefficient (Wildman–Crippen LogP) is 3.49. The van der Waals surface area contributed by atoms with E-state index in [1.807, 2.05) is 0 Å². The topological polar surface area (TPSA) is 42.2 Å². The number of hydrogen-bond acceptors (Lipinski definition) is 2. The summed E-state index contributed by atoms with van der Waals surface area (Å²) in [5.74, 6) is -1.04. The van der Waals surface area contributed by atoms with Gasteiger partial charge < -0.3 is 9.73 Å². The van der Waals surface area contributed by atoms with Crippen molar-refractivity contribution in [2.45, 2.75) is 6.18 Å². The van der Waals surface area contributed by atoms with Gasteiger partial charge in [0.2, 0.25) is 0 Å². The van der Waals surface area contributed by atoms with E-state index in [4.69, 9.17) is 4.42 Å². The summed E-state index contributed by atoms with van der Waals surface area (Å²) in [4.78, 5) is 11.5. The van der Waals surface area contributed by atoms with E-state index in [0.717, 1.165) is 0 Å². The Labute approximate surface area is 108 Å². The van der Waals surface area contributed by atoms with Crippen molar-refractivity contribution >= 4 is 32.8 Å². The summed E-state index contributed by atoms with van der Waals surface area (Å²) in [6.45, 7) is -1.38. The van der Waals surface area contributed by atoms with Crippen LogP contribution in [0.3, 0.4) is 0 Å². The third-order valence-electron chi connectivity index (χ3n) is 2.18. The second-order valence-corrected chi connectivity index (χ2v) is 4.41. The van der Waals surface area contributed by atoms with Gasteiger partial charge in [0.15, 0.2) is 5.76 Å². The first-order valence-corrected chi connectivity index (χ1v) is 5.69. The van der Waals surface area contributed by atoms with E-state index in [-0.39, 0.29) is 5.76 Å². The Morgan fingerprint density at radius 3 is 2.72 bits per heavy atom. The molecule has 1 heterocycles. The molecule has 18 heavy (non-hydrogen) atoms. The molecular formula is C11H7BrF3NO2. The van der Waals surface area contributed by atoms with Crippen molar-refractivity contribution in [3.8, 4) is 0 Å². The van der Waals surface area contributed by atoms with Crippen LogP contribution in [0, 0.1) is 0 Å². The van der Waals surface area contributed by atoms with Gasteiger partial charge in [-0.15, -0.1) is 0 Å². The summed E-state index contributed by atoms with van der Waals surface area (Å²) in [6, 6.07) is 6.47. The average Bonchev–Trinajstić information content (AvgIpc) is 2.70. The Kier molecular flexibility index (Phi) is 3.34. The number of benzene rings is 1. The minimum absolute atomic E-state index is 0.152. The van der Waals surface area contributed by atoms with E-state index in [2.05, 4.69) is 15.9 Å². The Hall–Kier alpha value is -1.50. The van der Waals surface area contributed by atoms with Crippen molar-refractivity contribution in [2.75, 3.05) is 6.54 Å². The predicted molar refractivity (Wildman–Crippen MR) is 62.3 cm³/mol. The highest BCUT2D eigenvalue weighted by Gasteiger charge is 2.28. The maximum atomic E-state index is 11.9. The lowest BCUT2D eigenvalue weighted by molar-refractivity contribution is -0.123. The van der Waals surface area contributed by atoms with Crippen LogP contribution in [-0.4, -0.2) is 18.6 Å². The third-order valence-corrected chi connectivity index (χ3v) is 2.87. The van der Waals surface area contributed by atoms with Gasteiger partial charge in [-0.05, 0) is 18.2 Å². The van der Waals surface area contributed by atoms with Gasteiger partial charge in [0, 0.05) is 9.86 Å². The second-order valence-electron chi connectivity index (χ2n) is 3.56. The third kappa shape index (κ3) is 2.84. The van der Waals surface area contributed by atoms with Crippen LogP contribution in [0.2, 0.25) is 0 Å². The van der Waals surface area contributed by atoms with Gasteiger partial charge in [0.05, 0.1) is 0 Å². The molecule has 0 unspecified atom stereocenters. The standard InChI is InChI=1S/C11H7BrF3NO2/c12-7-2-1-3-8-6(7)4-9(18-8)10(17)16-5-11(13,14)15/h1-4H,5H2,(H,16,17). The molecule has 0 fully saturated rings. The minimum atomic E-state index is -4.44. The van der Waals surface area contributed by atoms with E-state index < -0.39 is 18.6 Å². The molecule has 0 aliphatic rings. The summed E-state index contributed by atoms with van der Waals surface area (Å²) in [6.07, 6.45) is -4.44. The van der Waals surface area contributed by atoms with Crippen molar-refractivity contribution in [1.29, 1.82) is 0 Å². The van der Waals surface area contributed by atoms with Crippen molar-refractivity contribution in [3.05, 3.63) is 34.5 Å². The van der Waals surface area contributed by atoms with Crippen molar-refractivity contribution in [3.63, 3.8) is 0 Å². The molecule has 7 heteroatoms. The van der Waals surface area contributed by atoms with Crippen molar-refractivity contribution < 1.29 is 22.4 Å². The minimum Gasteiger partial charge on any atom is -0.451 e. The van der Waals surface area contributed by atoms with E-state index in [0.29, 0.717) is 15.4 Å². The number of alkyl halides is 3. The molecule has 1 amide bonds. The Balaban J connectivity index is 2.21. The number of halogens is 4. The monoisotopic (exact) mass is 321 g/mol. The lowest BCUT2D eigenvalue weighted by atomic mass is 10.2. The number of nitrogens with one attached hydrogen (secondary N) is 1. The lowest BCUT2D eigenvalue weighted by Gasteiger charge is -2.06. The molecule has 1 N–H and O–H groups in total. The average molecular weight is 322 g/mol. The van der Waals surface area contributed by atoms with Gasteiger partial charge >= 0.3 is 6.18 Å². The van der Waals surface area contributed by atoms with Gasteiger partial charge in [-0.1, -0.05) is 22.0 Å². The van der Waals surface area contributed by atoms with Gasteiger partial charge in [0.25, 0.3) is 5.91 Å². The van der Waals surface area contributed by atoms with E-state index >= 15 is 0 Å². The van der Waals surface area contributed by atoms with Crippen molar-refractivity contribution in [2.24, 2.45) is 0 Å². The zero-order valence-electron chi connectivity index (χ0n) is 8.84. The second kappa shape index (κ2) is 4.64. The van der Waals surface area contributed by atoms with Crippen LogP contribution in [0.5, 0.6) is 0 Å². The highest BCUT2D eigenvalue weighted by molar-refractivity contribution is 9.10. The number of rotatable bonds is 2. The molecule has 0 atom stereocenters. The number of hydrogen-bond donors (Lipinski definition) is 1. The molecule has 0 aliphatic carbocycles. The molecule has 0 saturated heterocycles. The normalized spacial score (nSPS) is 11.8. The molecule has 2 aromatic rings. The molecule has 0 saturated carbocycles. The molecular weight excluding hydrogens is 315 g/mol. The SMILES string of the molecule is O=C(NCC(F)(F)F)c1cc2c(Br)cccc2o1. The van der Waals surface area contributed by atoms with Gasteiger partial charge in [0.1, 0.15) is 12.1 Å². The highest BCUT2D eigenvalue weighted by Crippen LogP contribution is 2.27. The summed E-state index contributed by atoms with van der Waals surface area (Å²) >= 11 is 3.26. The van der Waals surface area contributed by atoms with Crippen LogP contribution in [0.4, 0.5) is 13.2 Å². The van der Waals surface area contributed by atoms with Crippen LogP contribution < -0.4 is 5.32 Å². The maximum absolute atomic E-state index is 11.9. The molecule has 0 bridgehead atoms. The molecule has 0 radical (unpaired) electrons. The van der Waals surface area contributed by atoms with Crippen LogP contribution >= 0.6 is 15.9 Å². The van der Waals surface area contributed by atoms with Gasteiger partial charge in [-0.3, -0.25) is 4.79 Å². The maximum Gasteiger partial charge on any atom is 0.405 e. The first-order valence-electron chi connectivity index (χ1n) is 4.90. The summed E-state index contributed by atoms with van der Waals surface area (Å²) in [5.41, 5.74) is 0.432. The zero-order chi connectivity index (χ0) is 13.3. The number of carbonyl (C=O) groups excluding carboxylic acids is 1. The van der Waals surface area contributed by atoms with Crippen LogP contribution in [0.1, 0.15) is 10.6 Å². The first-order chi connectivity index (χ1) is 8.37. The van der Waals surface area contributed by atoms with Gasteiger partial charge in [-0.2, -0.15) is 13.2 Å². The number of carbonyl (C=O) groups is 1. The fourth-order valence-electron chi connectivity index (χ4n) is 1.40. The van der Waals surface area contributed by atoms with Gasteiger partial charge in [-0.25, -0.2) is 0 Å². The zero-order valence-corrected chi connectivity index (χ0v) is 10.4. The van der Waals surface area contributed by atoms with Crippen molar-refractivity contribution in [1.82, 2.24) is 5.32 Å². The van der Waals surface area contributed by atoms with Crippen LogP contribution in [-0.2, 0) is 0 Å². The molecule has 0 aliphatic heterocycles. The quantitative estimate of drug-likeness (QED) is 0.920. The molecule has 0 spiro atoms. The molecule has 1 aromatic heterocycles. The highest BCUT2D eigenvalue weighted by atomic mass is 79.9. The van der Waals surface area contributed by atoms with E-state index in [9.17, 15) is 18.0 Å². The summed E-state index contributed by atoms with van der Waals surface area (Å²) in [5, 5.41) is 2.38. The lowest BCUT2D eigenvalue weighted by Crippen LogP contribution is -2.33. The Morgan fingerprint density at radius 1 is 1.39 bits per heavy atom. The largest absolute Gasteiger partial charge is 0.451 e. The van der Waals surface area contributed by atoms with Crippen LogP contribution in [0.15, 0.2) is 33.2 Å². The summed E-state index contributed by atoms with van der Waals surface area (Å²) < 4.78 is 41.7. The molecule has 1 aromatic carbocycles. The van der Waals surface area contributed by atoms with E-state index in [1.54, 1.807) is 23.5 Å². The molecule has 2 rings (SSSR count). The molecule has 96 valence electrons. The Morgan fingerprint density at radius 2 is 2.11 bits per heavy atom. The van der Waals surface area contributed by atoms with Crippen LogP contribution in [0.25, 0.3) is 11.0 Å². The van der Waals surface area contributed by atoms with E-state index in [1.165, 1.54) is 6.07 Å².